The number of halogens is 3. The second-order valence-corrected chi connectivity index (χ2v) is 10.6. The first-order valence-electron chi connectivity index (χ1n) is 13.3. The normalized spacial score (nSPS) is 21.1. The van der Waals surface area contributed by atoms with Gasteiger partial charge in [0.2, 0.25) is 0 Å². The fourth-order valence-electron chi connectivity index (χ4n) is 5.80. The van der Waals surface area contributed by atoms with Crippen molar-refractivity contribution in [3.63, 3.8) is 0 Å². The summed E-state index contributed by atoms with van der Waals surface area (Å²) in [5.41, 5.74) is 1.19. The molecule has 2 fully saturated rings. The molecule has 0 spiro atoms. The molecular weight excluding hydrogens is 465 g/mol. The lowest BCUT2D eigenvalue weighted by molar-refractivity contribution is -0.274. The van der Waals surface area contributed by atoms with Crippen molar-refractivity contribution in [2.45, 2.75) is 69.2 Å². The van der Waals surface area contributed by atoms with Crippen LogP contribution in [0.4, 0.5) is 13.2 Å². The number of benzene rings is 2. The summed E-state index contributed by atoms with van der Waals surface area (Å²) in [6.45, 7) is 7.68. The van der Waals surface area contributed by atoms with Gasteiger partial charge < -0.3 is 19.6 Å². The minimum Gasteiger partial charge on any atom is -0.406 e. The van der Waals surface area contributed by atoms with Crippen LogP contribution in [0.25, 0.3) is 0 Å². The van der Waals surface area contributed by atoms with Crippen LogP contribution in [-0.4, -0.2) is 66.1 Å². The molecular formula is C29H39F3N2O2. The molecule has 0 aromatic heterocycles. The molecule has 0 amide bonds. The van der Waals surface area contributed by atoms with Crippen LogP contribution in [0.1, 0.15) is 68.4 Å². The van der Waals surface area contributed by atoms with Gasteiger partial charge in [-0.15, -0.1) is 13.2 Å². The van der Waals surface area contributed by atoms with Crippen LogP contribution in [0, 0.1) is 0 Å². The van der Waals surface area contributed by atoms with Gasteiger partial charge in [-0.25, -0.2) is 0 Å². The smallest absolute Gasteiger partial charge is 0.406 e. The van der Waals surface area contributed by atoms with Crippen molar-refractivity contribution in [1.29, 1.82) is 0 Å². The molecule has 36 heavy (non-hydrogen) atoms. The Morgan fingerprint density at radius 3 is 2.19 bits per heavy atom. The highest BCUT2D eigenvalue weighted by Gasteiger charge is 2.40. The van der Waals surface area contributed by atoms with Gasteiger partial charge in [-0.05, 0) is 55.0 Å². The van der Waals surface area contributed by atoms with Crippen molar-refractivity contribution in [2.24, 2.45) is 0 Å². The summed E-state index contributed by atoms with van der Waals surface area (Å²) in [5, 5.41) is 11.6. The number of hydrogen-bond donors (Lipinski definition) is 1. The predicted octanol–water partition coefficient (Wildman–Crippen LogP) is 6.18. The monoisotopic (exact) mass is 504 g/mol. The predicted molar refractivity (Wildman–Crippen MR) is 136 cm³/mol. The second kappa shape index (κ2) is 12.0. The molecule has 2 aliphatic rings. The van der Waals surface area contributed by atoms with Crippen molar-refractivity contribution in [1.82, 2.24) is 9.80 Å². The summed E-state index contributed by atoms with van der Waals surface area (Å²) in [6.07, 6.45) is 0.714. The summed E-state index contributed by atoms with van der Waals surface area (Å²) in [7, 11) is 0. The highest BCUT2D eigenvalue weighted by atomic mass is 19.4. The van der Waals surface area contributed by atoms with Gasteiger partial charge in [0.25, 0.3) is 0 Å². The van der Waals surface area contributed by atoms with Gasteiger partial charge in [0.1, 0.15) is 5.75 Å². The zero-order valence-corrected chi connectivity index (χ0v) is 21.2. The van der Waals surface area contributed by atoms with Gasteiger partial charge in [0, 0.05) is 38.6 Å². The van der Waals surface area contributed by atoms with E-state index in [1.165, 1.54) is 17.7 Å². The van der Waals surface area contributed by atoms with Crippen LogP contribution >= 0.6 is 0 Å². The lowest BCUT2D eigenvalue weighted by atomic mass is 9.72. The molecule has 1 heterocycles. The van der Waals surface area contributed by atoms with Gasteiger partial charge in [-0.1, -0.05) is 68.7 Å². The van der Waals surface area contributed by atoms with Crippen molar-refractivity contribution in [3.8, 4) is 5.75 Å². The SMILES string of the molecule is CC(CCN1CCN(C[C@H](c2cccc(OC(F)(F)F)c2)C2(O)CCCCC2)CC1)c1ccccc1. The zero-order valence-electron chi connectivity index (χ0n) is 21.2. The second-order valence-electron chi connectivity index (χ2n) is 10.6. The molecule has 4 rings (SSSR count). The molecule has 4 nitrogen and oxygen atoms in total. The van der Waals surface area contributed by atoms with Gasteiger partial charge in [0.05, 0.1) is 5.60 Å². The largest absolute Gasteiger partial charge is 0.573 e. The van der Waals surface area contributed by atoms with Crippen LogP contribution in [0.3, 0.4) is 0 Å². The van der Waals surface area contributed by atoms with Gasteiger partial charge >= 0.3 is 6.36 Å². The van der Waals surface area contributed by atoms with Crippen LogP contribution in [0.5, 0.6) is 5.75 Å². The van der Waals surface area contributed by atoms with Crippen LogP contribution in [-0.2, 0) is 0 Å². The van der Waals surface area contributed by atoms with Crippen molar-refractivity contribution in [2.75, 3.05) is 39.3 Å². The summed E-state index contributed by atoms with van der Waals surface area (Å²) in [4.78, 5) is 4.86. The van der Waals surface area contributed by atoms with E-state index in [4.69, 9.17) is 0 Å². The third-order valence-electron chi connectivity index (χ3n) is 8.01. The van der Waals surface area contributed by atoms with E-state index in [2.05, 4.69) is 45.7 Å². The molecule has 0 radical (unpaired) electrons. The zero-order chi connectivity index (χ0) is 25.6. The minimum absolute atomic E-state index is 0.221. The highest BCUT2D eigenvalue weighted by Crippen LogP contribution is 2.41. The lowest BCUT2D eigenvalue weighted by Gasteiger charge is -2.43. The van der Waals surface area contributed by atoms with Gasteiger partial charge in [-0.3, -0.25) is 0 Å². The maximum absolute atomic E-state index is 12.8. The van der Waals surface area contributed by atoms with E-state index < -0.39 is 12.0 Å². The van der Waals surface area contributed by atoms with Crippen LogP contribution < -0.4 is 4.74 Å². The Morgan fingerprint density at radius 1 is 0.889 bits per heavy atom. The molecule has 0 bridgehead atoms. The van der Waals surface area contributed by atoms with E-state index in [0.29, 0.717) is 25.3 Å². The van der Waals surface area contributed by atoms with Crippen molar-refractivity contribution >= 4 is 0 Å². The average Bonchev–Trinajstić information content (AvgIpc) is 2.86. The number of nitrogens with zero attached hydrogens (tertiary/aromatic N) is 2. The topological polar surface area (TPSA) is 35.9 Å². The molecule has 1 saturated heterocycles. The summed E-state index contributed by atoms with van der Waals surface area (Å²) in [6, 6.07) is 16.8. The Labute approximate surface area is 213 Å². The fraction of sp³-hybridized carbons (Fsp3) is 0.586. The average molecular weight is 505 g/mol. The van der Waals surface area contributed by atoms with Gasteiger partial charge in [-0.2, -0.15) is 0 Å². The fourth-order valence-corrected chi connectivity index (χ4v) is 5.80. The Hall–Kier alpha value is -2.09. The van der Waals surface area contributed by atoms with Crippen LogP contribution in [0.15, 0.2) is 54.6 Å². The van der Waals surface area contributed by atoms with E-state index in [1.807, 2.05) is 12.1 Å². The Kier molecular flexibility index (Phi) is 8.96. The quantitative estimate of drug-likeness (QED) is 0.443. The molecule has 198 valence electrons. The molecule has 1 saturated carbocycles. The number of rotatable bonds is 9. The molecule has 1 unspecified atom stereocenters. The van der Waals surface area contributed by atoms with E-state index >= 15 is 0 Å². The van der Waals surface area contributed by atoms with E-state index in [-0.39, 0.29) is 11.7 Å². The Morgan fingerprint density at radius 2 is 1.53 bits per heavy atom. The number of ether oxygens (including phenoxy) is 1. The standard InChI is InChI=1S/C29H39F3N2O2/c1-23(24-9-4-2-5-10-24)13-16-33-17-19-34(20-18-33)22-27(28(35)14-6-3-7-15-28)25-11-8-12-26(21-25)36-29(30,31)32/h2,4-5,8-12,21,23,27,35H,3,6-7,13-20,22H2,1H3/t23?,27-/m1/s1. The van der Waals surface area contributed by atoms with Gasteiger partial charge in [0.15, 0.2) is 0 Å². The number of aliphatic hydroxyl groups is 1. The van der Waals surface area contributed by atoms with E-state index in [1.54, 1.807) is 6.07 Å². The number of hydrogen-bond acceptors (Lipinski definition) is 4. The first-order valence-corrected chi connectivity index (χ1v) is 13.3. The third-order valence-corrected chi connectivity index (χ3v) is 8.01. The molecule has 7 heteroatoms. The van der Waals surface area contributed by atoms with E-state index in [9.17, 15) is 18.3 Å². The van der Waals surface area contributed by atoms with Crippen molar-refractivity contribution < 1.29 is 23.0 Å². The molecule has 2 aromatic carbocycles. The Bertz CT molecular complexity index is 939. The highest BCUT2D eigenvalue weighted by molar-refractivity contribution is 5.33. The summed E-state index contributed by atoms with van der Waals surface area (Å²) < 4.78 is 42.7. The maximum atomic E-state index is 12.8. The van der Waals surface area contributed by atoms with Crippen molar-refractivity contribution in [3.05, 3.63) is 65.7 Å². The van der Waals surface area contributed by atoms with Crippen LogP contribution in [0.2, 0.25) is 0 Å². The lowest BCUT2D eigenvalue weighted by Crippen LogP contribution is -2.51. The number of alkyl halides is 3. The summed E-state index contributed by atoms with van der Waals surface area (Å²) >= 11 is 0. The Balaban J connectivity index is 1.38. The maximum Gasteiger partial charge on any atom is 0.573 e. The molecule has 2 aromatic rings. The number of piperazine rings is 1. The summed E-state index contributed by atoms with van der Waals surface area (Å²) in [5.74, 6) is 0.0429. The van der Waals surface area contributed by atoms with E-state index in [0.717, 1.165) is 64.0 Å². The first-order chi connectivity index (χ1) is 17.2. The third kappa shape index (κ3) is 7.46. The molecule has 1 N–H and O–H groups in total. The minimum atomic E-state index is -4.73. The molecule has 2 atom stereocenters. The molecule has 1 aliphatic carbocycles. The first kappa shape index (κ1) is 27.0. The molecule has 1 aliphatic heterocycles.